The van der Waals surface area contributed by atoms with Gasteiger partial charge in [-0.1, -0.05) is 25.5 Å². The normalized spacial score (nSPS) is 17.0. The molecule has 33 heavy (non-hydrogen) atoms. The fraction of sp³-hybridized carbons (Fsp3) is 0.333. The molecule has 1 N–H and O–H groups in total. The molecule has 1 amide bonds. The first-order valence-electron chi connectivity index (χ1n) is 11.0. The number of aromatic nitrogens is 1. The molecule has 1 saturated heterocycles. The van der Waals surface area contributed by atoms with Gasteiger partial charge in [0.05, 0.1) is 17.7 Å². The van der Waals surface area contributed by atoms with Gasteiger partial charge in [0.2, 0.25) is 10.0 Å². The summed E-state index contributed by atoms with van der Waals surface area (Å²) in [6.45, 7) is 2.56. The van der Waals surface area contributed by atoms with Crippen LogP contribution in [0.5, 0.6) is 5.75 Å². The molecule has 1 aliphatic heterocycles. The molecule has 1 unspecified atom stereocenters. The number of carbonyl (C=O) groups is 1. The van der Waals surface area contributed by atoms with E-state index in [1.807, 2.05) is 36.6 Å². The molecule has 1 fully saturated rings. The first kappa shape index (κ1) is 23.4. The molecule has 0 aliphatic carbocycles. The van der Waals surface area contributed by atoms with Crippen LogP contribution in [0.2, 0.25) is 0 Å². The third-order valence-corrected chi connectivity index (χ3v) is 8.60. The van der Waals surface area contributed by atoms with Crippen molar-refractivity contribution in [1.29, 1.82) is 0 Å². The van der Waals surface area contributed by atoms with Crippen molar-refractivity contribution >= 4 is 32.4 Å². The van der Waals surface area contributed by atoms with E-state index in [4.69, 9.17) is 4.74 Å². The van der Waals surface area contributed by atoms with Crippen molar-refractivity contribution in [1.82, 2.24) is 9.29 Å². The minimum atomic E-state index is -3.58. The zero-order valence-electron chi connectivity index (χ0n) is 18.7. The molecule has 1 aliphatic rings. The highest BCUT2D eigenvalue weighted by Crippen LogP contribution is 2.32. The zero-order valence-corrected chi connectivity index (χ0v) is 20.3. The van der Waals surface area contributed by atoms with Crippen LogP contribution in [0.15, 0.2) is 58.8 Å². The first-order chi connectivity index (χ1) is 15.9. The van der Waals surface area contributed by atoms with E-state index in [0.717, 1.165) is 31.2 Å². The van der Waals surface area contributed by atoms with Crippen LogP contribution in [-0.2, 0) is 10.0 Å². The van der Waals surface area contributed by atoms with Crippen molar-refractivity contribution in [2.75, 3.05) is 19.0 Å². The molecule has 4 rings (SSSR count). The third-order valence-electron chi connectivity index (χ3n) is 5.88. The van der Waals surface area contributed by atoms with Gasteiger partial charge in [-0.15, -0.1) is 11.3 Å². The van der Waals surface area contributed by atoms with E-state index in [-0.39, 0.29) is 16.8 Å². The van der Waals surface area contributed by atoms with Gasteiger partial charge in [-0.05, 0) is 55.7 Å². The Kier molecular flexibility index (Phi) is 7.11. The number of rotatable bonds is 7. The van der Waals surface area contributed by atoms with Crippen LogP contribution in [0, 0.1) is 0 Å². The second kappa shape index (κ2) is 10.0. The Hall–Kier alpha value is -2.75. The van der Waals surface area contributed by atoms with Crippen molar-refractivity contribution in [2.24, 2.45) is 0 Å². The standard InChI is InChI=1S/C24H27N3O4S2/c1-3-18-8-6-7-15-27(18)33(29,30)19-13-11-17(12-14-19)23(28)26-24-25-21(16-32-24)20-9-4-5-10-22(20)31-2/h4-5,9-14,16,18H,3,6-8,15H2,1-2H3,(H,25,26,28). The van der Waals surface area contributed by atoms with E-state index >= 15 is 0 Å². The number of nitrogens with one attached hydrogen (secondary N) is 1. The van der Waals surface area contributed by atoms with E-state index in [1.54, 1.807) is 23.5 Å². The van der Waals surface area contributed by atoms with Gasteiger partial charge in [-0.25, -0.2) is 13.4 Å². The SMILES string of the molecule is CCC1CCCCN1S(=O)(=O)c1ccc(C(=O)Nc2nc(-c3ccccc3OC)cs2)cc1. The summed E-state index contributed by atoms with van der Waals surface area (Å²) in [5, 5.41) is 5.10. The molecule has 174 valence electrons. The van der Waals surface area contributed by atoms with Crippen molar-refractivity contribution in [3.05, 3.63) is 59.5 Å². The summed E-state index contributed by atoms with van der Waals surface area (Å²) in [5.74, 6) is 0.362. The maximum atomic E-state index is 13.1. The third kappa shape index (κ3) is 4.95. The molecule has 1 aromatic heterocycles. The number of carbonyl (C=O) groups excluding carboxylic acids is 1. The smallest absolute Gasteiger partial charge is 0.257 e. The summed E-state index contributed by atoms with van der Waals surface area (Å²) < 4.78 is 33.2. The monoisotopic (exact) mass is 485 g/mol. The number of para-hydroxylation sites is 1. The Balaban J connectivity index is 1.48. The van der Waals surface area contributed by atoms with Gasteiger partial charge in [0.15, 0.2) is 5.13 Å². The van der Waals surface area contributed by atoms with Gasteiger partial charge in [0.25, 0.3) is 5.91 Å². The maximum absolute atomic E-state index is 13.1. The molecule has 2 heterocycles. The lowest BCUT2D eigenvalue weighted by molar-refractivity contribution is 0.102. The number of hydrogen-bond donors (Lipinski definition) is 1. The van der Waals surface area contributed by atoms with Gasteiger partial charge >= 0.3 is 0 Å². The van der Waals surface area contributed by atoms with Crippen molar-refractivity contribution in [3.63, 3.8) is 0 Å². The zero-order chi connectivity index (χ0) is 23.4. The molecule has 0 spiro atoms. The summed E-state index contributed by atoms with van der Waals surface area (Å²) in [7, 11) is -1.98. The van der Waals surface area contributed by atoms with Gasteiger partial charge in [-0.3, -0.25) is 10.1 Å². The van der Waals surface area contributed by atoms with Crippen LogP contribution in [-0.4, -0.2) is 43.3 Å². The van der Waals surface area contributed by atoms with Crippen LogP contribution in [0.3, 0.4) is 0 Å². The van der Waals surface area contributed by atoms with Crippen molar-refractivity contribution in [3.8, 4) is 17.0 Å². The lowest BCUT2D eigenvalue weighted by atomic mass is 10.0. The topological polar surface area (TPSA) is 88.6 Å². The minimum absolute atomic E-state index is 0.0362. The van der Waals surface area contributed by atoms with Crippen LogP contribution in [0.25, 0.3) is 11.3 Å². The van der Waals surface area contributed by atoms with Crippen molar-refractivity contribution < 1.29 is 17.9 Å². The lowest BCUT2D eigenvalue weighted by Gasteiger charge is -2.34. The van der Waals surface area contributed by atoms with Crippen LogP contribution in [0.1, 0.15) is 43.0 Å². The quantitative estimate of drug-likeness (QED) is 0.507. The molecule has 0 radical (unpaired) electrons. The number of hydrogen-bond acceptors (Lipinski definition) is 6. The summed E-state index contributed by atoms with van der Waals surface area (Å²) >= 11 is 1.31. The molecular weight excluding hydrogens is 458 g/mol. The number of amides is 1. The molecule has 0 bridgehead atoms. The molecule has 1 atom stereocenters. The fourth-order valence-corrected chi connectivity index (χ4v) is 6.57. The van der Waals surface area contributed by atoms with E-state index in [2.05, 4.69) is 10.3 Å². The highest BCUT2D eigenvalue weighted by molar-refractivity contribution is 7.89. The number of thiazole rings is 1. The average molecular weight is 486 g/mol. The lowest BCUT2D eigenvalue weighted by Crippen LogP contribution is -2.43. The minimum Gasteiger partial charge on any atom is -0.496 e. The number of anilines is 1. The maximum Gasteiger partial charge on any atom is 0.257 e. The Bertz CT molecular complexity index is 1220. The van der Waals surface area contributed by atoms with Crippen LogP contribution >= 0.6 is 11.3 Å². The van der Waals surface area contributed by atoms with Crippen molar-refractivity contribution in [2.45, 2.75) is 43.5 Å². The highest BCUT2D eigenvalue weighted by atomic mass is 32.2. The Morgan fingerprint density at radius 1 is 1.18 bits per heavy atom. The van der Waals surface area contributed by atoms with E-state index < -0.39 is 10.0 Å². The second-order valence-electron chi connectivity index (χ2n) is 7.89. The van der Waals surface area contributed by atoms with Crippen LogP contribution in [0.4, 0.5) is 5.13 Å². The first-order valence-corrected chi connectivity index (χ1v) is 13.3. The number of sulfonamides is 1. The van der Waals surface area contributed by atoms with Gasteiger partial charge < -0.3 is 4.74 Å². The predicted octanol–water partition coefficient (Wildman–Crippen LogP) is 5.02. The molecule has 3 aromatic rings. The number of methoxy groups -OCH3 is 1. The van der Waals surface area contributed by atoms with E-state index in [9.17, 15) is 13.2 Å². The predicted molar refractivity (Wildman–Crippen MR) is 130 cm³/mol. The van der Waals surface area contributed by atoms with Gasteiger partial charge in [0.1, 0.15) is 5.75 Å². The van der Waals surface area contributed by atoms with E-state index in [1.165, 1.54) is 23.5 Å². The Morgan fingerprint density at radius 3 is 2.67 bits per heavy atom. The molecular formula is C24H27N3O4S2. The number of nitrogens with zero attached hydrogens (tertiary/aromatic N) is 2. The number of ether oxygens (including phenoxy) is 1. The summed E-state index contributed by atoms with van der Waals surface area (Å²) in [6.07, 6.45) is 3.62. The summed E-state index contributed by atoms with van der Waals surface area (Å²) in [5.41, 5.74) is 1.92. The molecule has 7 nitrogen and oxygen atoms in total. The second-order valence-corrected chi connectivity index (χ2v) is 10.6. The van der Waals surface area contributed by atoms with Crippen LogP contribution < -0.4 is 10.1 Å². The largest absolute Gasteiger partial charge is 0.496 e. The Morgan fingerprint density at radius 2 is 1.94 bits per heavy atom. The summed E-state index contributed by atoms with van der Waals surface area (Å²) in [6, 6.07) is 13.7. The fourth-order valence-electron chi connectivity index (χ4n) is 4.09. The molecule has 9 heteroatoms. The van der Waals surface area contributed by atoms with E-state index in [0.29, 0.717) is 28.7 Å². The average Bonchev–Trinajstić information content (AvgIpc) is 3.32. The number of piperidine rings is 1. The summed E-state index contributed by atoms with van der Waals surface area (Å²) in [4.78, 5) is 17.4. The highest BCUT2D eigenvalue weighted by Gasteiger charge is 2.32. The number of benzene rings is 2. The molecule has 2 aromatic carbocycles. The molecule has 0 saturated carbocycles. The Labute approximate surface area is 198 Å². The van der Waals surface area contributed by atoms with Gasteiger partial charge in [0, 0.05) is 29.1 Å². The van der Waals surface area contributed by atoms with Gasteiger partial charge in [-0.2, -0.15) is 4.31 Å².